The van der Waals surface area contributed by atoms with Crippen molar-refractivity contribution in [1.29, 1.82) is 0 Å². The Balaban J connectivity index is 1.60. The number of benzene rings is 1. The second-order valence-corrected chi connectivity index (χ2v) is 11.6. The van der Waals surface area contributed by atoms with Crippen molar-refractivity contribution in [3.63, 3.8) is 0 Å². The van der Waals surface area contributed by atoms with E-state index in [0.29, 0.717) is 17.1 Å². The van der Waals surface area contributed by atoms with Gasteiger partial charge in [-0.1, -0.05) is 6.07 Å². The van der Waals surface area contributed by atoms with Gasteiger partial charge in [0.05, 0.1) is 50.1 Å². The van der Waals surface area contributed by atoms with Crippen LogP contribution < -0.4 is 20.1 Å². The standard InChI is InChI=1S/C23H34N3O12P/c1-13(28)24-9-15-20(30)21(31)16(10-27)26(15)5-6-39(34,35)38-11-23(2,22(32)33)25-19(29)8-14-3-4-17-18(7-14)37-12-36-17/h3-4,7,15-16,20-21,27,30-31H,5-6,8-12H2,1-2H3,(H,24,28)(H,25,29)(H,32,33)(H,34,35)/t15-,16-,20-,21-,23?/m1/s1. The van der Waals surface area contributed by atoms with Crippen molar-refractivity contribution in [2.45, 2.75) is 50.1 Å². The molecule has 0 spiro atoms. The Morgan fingerprint density at radius 3 is 2.49 bits per heavy atom. The van der Waals surface area contributed by atoms with E-state index in [4.69, 9.17) is 14.0 Å². The summed E-state index contributed by atoms with van der Waals surface area (Å²) in [7, 11) is -4.46. The molecular weight excluding hydrogens is 541 g/mol. The molecule has 0 aromatic heterocycles. The number of aliphatic hydroxyl groups is 3. The SMILES string of the molecule is CC(=O)NC[C@@H]1[C@@H](O)[C@H](O)[C@@H](CO)N1CCP(=O)(O)OCC(C)(NC(=O)Cc1ccc2c(c1)OCO2)C(=O)O. The molecule has 0 saturated carbocycles. The molecule has 2 heterocycles. The van der Waals surface area contributed by atoms with Crippen molar-refractivity contribution in [1.82, 2.24) is 15.5 Å². The summed E-state index contributed by atoms with van der Waals surface area (Å²) >= 11 is 0. The average molecular weight is 576 g/mol. The van der Waals surface area contributed by atoms with Gasteiger partial charge in [-0.2, -0.15) is 0 Å². The number of carboxylic acid groups (broad SMARTS) is 1. The van der Waals surface area contributed by atoms with E-state index < -0.39 is 74.6 Å². The van der Waals surface area contributed by atoms with Gasteiger partial charge in [-0.25, -0.2) is 4.79 Å². The lowest BCUT2D eigenvalue weighted by molar-refractivity contribution is -0.148. The van der Waals surface area contributed by atoms with Crippen LogP contribution in [-0.2, 0) is 29.9 Å². The van der Waals surface area contributed by atoms with Crippen LogP contribution in [0.15, 0.2) is 18.2 Å². The third-order valence-electron chi connectivity index (χ3n) is 6.62. The highest BCUT2D eigenvalue weighted by Crippen LogP contribution is 2.43. The lowest BCUT2D eigenvalue weighted by atomic mass is 10.0. The molecule has 1 aromatic rings. The minimum absolute atomic E-state index is 0.0517. The Kier molecular flexibility index (Phi) is 9.93. The number of aliphatic carboxylic acids is 1. The first kappa shape index (κ1) is 30.8. The first-order valence-corrected chi connectivity index (χ1v) is 13.9. The first-order valence-electron chi connectivity index (χ1n) is 12.1. The summed E-state index contributed by atoms with van der Waals surface area (Å²) in [5, 5.41) is 44.8. The fourth-order valence-corrected chi connectivity index (χ4v) is 5.47. The highest BCUT2D eigenvalue weighted by molar-refractivity contribution is 7.52. The van der Waals surface area contributed by atoms with Crippen LogP contribution in [0.4, 0.5) is 0 Å². The van der Waals surface area contributed by atoms with Crippen molar-refractivity contribution in [3.05, 3.63) is 23.8 Å². The number of nitrogens with zero attached hydrogens (tertiary/aromatic N) is 1. The number of likely N-dealkylation sites (tertiary alicyclic amines) is 1. The third kappa shape index (κ3) is 7.66. The Bertz CT molecular complexity index is 1120. The van der Waals surface area contributed by atoms with E-state index >= 15 is 0 Å². The van der Waals surface area contributed by atoms with Crippen molar-refractivity contribution >= 4 is 25.4 Å². The largest absolute Gasteiger partial charge is 0.479 e. The molecule has 0 aliphatic carbocycles. The van der Waals surface area contributed by atoms with Gasteiger partial charge >= 0.3 is 13.6 Å². The Hall–Kier alpha value is -2.78. The van der Waals surface area contributed by atoms with E-state index in [-0.39, 0.29) is 26.3 Å². The number of hydrogen-bond acceptors (Lipinski definition) is 11. The van der Waals surface area contributed by atoms with Crippen LogP contribution in [0.1, 0.15) is 19.4 Å². The fourth-order valence-electron chi connectivity index (χ4n) is 4.40. The smallest absolute Gasteiger partial charge is 0.331 e. The van der Waals surface area contributed by atoms with Gasteiger partial charge in [-0.05, 0) is 24.6 Å². The number of fused-ring (bicyclic) bond motifs is 1. The number of carbonyl (C=O) groups excluding carboxylic acids is 2. The molecule has 218 valence electrons. The zero-order valence-corrected chi connectivity index (χ0v) is 22.4. The summed E-state index contributed by atoms with van der Waals surface area (Å²) in [6.45, 7) is 0.700. The molecule has 1 saturated heterocycles. The van der Waals surface area contributed by atoms with Gasteiger partial charge in [0.25, 0.3) is 0 Å². The number of carboxylic acids is 1. The van der Waals surface area contributed by atoms with Crippen LogP contribution in [0.25, 0.3) is 0 Å². The van der Waals surface area contributed by atoms with E-state index in [1.165, 1.54) is 11.8 Å². The third-order valence-corrected chi connectivity index (χ3v) is 7.92. The van der Waals surface area contributed by atoms with E-state index in [1.54, 1.807) is 18.2 Å². The van der Waals surface area contributed by atoms with Crippen LogP contribution >= 0.6 is 7.60 Å². The molecule has 2 aliphatic heterocycles. The number of amides is 2. The number of aliphatic hydroxyl groups excluding tert-OH is 3. The maximum atomic E-state index is 12.8. The molecule has 2 unspecified atom stereocenters. The summed E-state index contributed by atoms with van der Waals surface area (Å²) in [5.41, 5.74) is -1.52. The van der Waals surface area contributed by atoms with E-state index in [1.807, 2.05) is 0 Å². The maximum absolute atomic E-state index is 12.8. The molecule has 3 rings (SSSR count). The van der Waals surface area contributed by atoms with Gasteiger partial charge in [0, 0.05) is 20.0 Å². The van der Waals surface area contributed by atoms with Crippen LogP contribution in [0.2, 0.25) is 0 Å². The van der Waals surface area contributed by atoms with Crippen LogP contribution in [0, 0.1) is 0 Å². The summed E-state index contributed by atoms with van der Waals surface area (Å²) < 4.78 is 28.3. The molecule has 39 heavy (non-hydrogen) atoms. The lowest BCUT2D eigenvalue weighted by Gasteiger charge is -2.31. The lowest BCUT2D eigenvalue weighted by Crippen LogP contribution is -2.55. The Morgan fingerprint density at radius 2 is 1.85 bits per heavy atom. The predicted octanol–water partition coefficient (Wildman–Crippen LogP) is -1.98. The number of rotatable bonds is 13. The van der Waals surface area contributed by atoms with E-state index in [2.05, 4.69) is 10.6 Å². The molecule has 6 atom stereocenters. The summed E-state index contributed by atoms with van der Waals surface area (Å²) in [4.78, 5) is 47.6. The fraction of sp³-hybridized carbons (Fsp3) is 0.609. The summed E-state index contributed by atoms with van der Waals surface area (Å²) in [6.07, 6.45) is -3.47. The van der Waals surface area contributed by atoms with Gasteiger partial charge < -0.3 is 50.0 Å². The molecule has 2 aliphatic rings. The highest BCUT2D eigenvalue weighted by Gasteiger charge is 2.47. The second kappa shape index (κ2) is 12.6. The van der Waals surface area contributed by atoms with Crippen molar-refractivity contribution < 1.29 is 58.3 Å². The Labute approximate surface area is 224 Å². The molecule has 16 heteroatoms. The average Bonchev–Trinajstić information content (AvgIpc) is 3.41. The molecule has 1 fully saturated rings. The topological polar surface area (TPSA) is 224 Å². The monoisotopic (exact) mass is 575 g/mol. The quantitative estimate of drug-likeness (QED) is 0.127. The minimum Gasteiger partial charge on any atom is -0.479 e. The first-order chi connectivity index (χ1) is 18.3. The number of ether oxygens (including phenoxy) is 2. The zero-order chi connectivity index (χ0) is 29.0. The molecule has 0 radical (unpaired) electrons. The highest BCUT2D eigenvalue weighted by atomic mass is 31.2. The molecule has 7 N–H and O–H groups in total. The van der Waals surface area contributed by atoms with Crippen molar-refractivity contribution in [3.8, 4) is 11.5 Å². The molecule has 1 aromatic carbocycles. The van der Waals surface area contributed by atoms with Crippen LogP contribution in [0.5, 0.6) is 11.5 Å². The predicted molar refractivity (Wildman–Crippen MR) is 133 cm³/mol. The summed E-state index contributed by atoms with van der Waals surface area (Å²) in [5.74, 6) is -1.60. The normalized spacial score (nSPS) is 25.5. The van der Waals surface area contributed by atoms with Gasteiger partial charge in [-0.3, -0.25) is 19.1 Å². The van der Waals surface area contributed by atoms with Gasteiger partial charge in [0.15, 0.2) is 17.0 Å². The molecule has 0 bridgehead atoms. The van der Waals surface area contributed by atoms with Crippen LogP contribution in [-0.4, -0.2) is 117 Å². The van der Waals surface area contributed by atoms with E-state index in [0.717, 1.165) is 6.92 Å². The number of nitrogens with one attached hydrogen (secondary N) is 2. The van der Waals surface area contributed by atoms with Crippen molar-refractivity contribution in [2.24, 2.45) is 0 Å². The van der Waals surface area contributed by atoms with E-state index in [9.17, 15) is 44.3 Å². The molecule has 15 nitrogen and oxygen atoms in total. The second-order valence-electron chi connectivity index (χ2n) is 9.66. The van der Waals surface area contributed by atoms with Crippen LogP contribution in [0.3, 0.4) is 0 Å². The number of hydrogen-bond donors (Lipinski definition) is 7. The van der Waals surface area contributed by atoms with Gasteiger partial charge in [0.1, 0.15) is 0 Å². The maximum Gasteiger partial charge on any atom is 0.331 e. The molecule has 2 amide bonds. The minimum atomic E-state index is -4.46. The Morgan fingerprint density at radius 1 is 1.18 bits per heavy atom. The van der Waals surface area contributed by atoms with Crippen molar-refractivity contribution in [2.75, 3.05) is 39.3 Å². The zero-order valence-electron chi connectivity index (χ0n) is 21.5. The molecular formula is C23H34N3O12P. The van der Waals surface area contributed by atoms with Gasteiger partial charge in [0.2, 0.25) is 18.6 Å². The summed E-state index contributed by atoms with van der Waals surface area (Å²) in [6, 6.07) is 2.99. The van der Waals surface area contributed by atoms with Gasteiger partial charge in [-0.15, -0.1) is 0 Å². The number of carbonyl (C=O) groups is 3.